The van der Waals surface area contributed by atoms with Crippen LogP contribution in [0.15, 0.2) is 37.0 Å². The highest BCUT2D eigenvalue weighted by Crippen LogP contribution is 2.32. The lowest BCUT2D eigenvalue weighted by atomic mass is 10.3. The van der Waals surface area contributed by atoms with Gasteiger partial charge in [0.05, 0.1) is 4.90 Å². The SMILES string of the molecule is O=C=NC1CCCN1S(=O)(=O)c1cc(Br)ccc1Br. The Labute approximate surface area is 128 Å². The number of isocyanates is 1. The lowest BCUT2D eigenvalue weighted by Crippen LogP contribution is -2.34. The summed E-state index contributed by atoms with van der Waals surface area (Å²) in [4.78, 5) is 14.1. The first-order valence-electron chi connectivity index (χ1n) is 5.50. The number of hydrogen-bond donors (Lipinski definition) is 0. The van der Waals surface area contributed by atoms with Crippen LogP contribution >= 0.6 is 31.9 Å². The smallest absolute Gasteiger partial charge is 0.211 e. The molecular formula is C11H10Br2N2O3S. The normalized spacial score (nSPS) is 20.2. The molecule has 1 atom stereocenters. The fourth-order valence-electron chi connectivity index (χ4n) is 1.99. The minimum Gasteiger partial charge on any atom is -0.211 e. The third kappa shape index (κ3) is 2.98. The first-order valence-corrected chi connectivity index (χ1v) is 8.53. The van der Waals surface area contributed by atoms with Crippen molar-refractivity contribution in [3.8, 4) is 0 Å². The zero-order valence-electron chi connectivity index (χ0n) is 9.71. The zero-order chi connectivity index (χ0) is 14.0. The molecule has 0 spiro atoms. The average Bonchev–Trinajstić information content (AvgIpc) is 2.81. The Kier molecular flexibility index (Phi) is 4.58. The van der Waals surface area contributed by atoms with Crippen LogP contribution < -0.4 is 0 Å². The van der Waals surface area contributed by atoms with Crippen molar-refractivity contribution < 1.29 is 13.2 Å². The molecule has 102 valence electrons. The van der Waals surface area contributed by atoms with Gasteiger partial charge in [-0.2, -0.15) is 9.30 Å². The van der Waals surface area contributed by atoms with E-state index < -0.39 is 16.2 Å². The molecule has 0 N–H and O–H groups in total. The number of carbonyl (C=O) groups excluding carboxylic acids is 1. The second kappa shape index (κ2) is 5.85. The minimum absolute atomic E-state index is 0.162. The Balaban J connectivity index is 2.47. The summed E-state index contributed by atoms with van der Waals surface area (Å²) in [6.07, 6.45) is 2.02. The van der Waals surface area contributed by atoms with Crippen molar-refractivity contribution in [1.29, 1.82) is 0 Å². The molecule has 19 heavy (non-hydrogen) atoms. The first kappa shape index (κ1) is 14.9. The van der Waals surface area contributed by atoms with E-state index in [1.54, 1.807) is 12.1 Å². The van der Waals surface area contributed by atoms with E-state index in [0.29, 0.717) is 28.3 Å². The van der Waals surface area contributed by atoms with Gasteiger partial charge in [0.25, 0.3) is 0 Å². The maximum Gasteiger partial charge on any atom is 0.246 e. The molecule has 1 fully saturated rings. The molecule has 2 rings (SSSR count). The van der Waals surface area contributed by atoms with Gasteiger partial charge in [-0.15, -0.1) is 0 Å². The second-order valence-corrected chi connectivity index (χ2v) is 7.66. The summed E-state index contributed by atoms with van der Waals surface area (Å²) in [7, 11) is -3.68. The minimum atomic E-state index is -3.68. The van der Waals surface area contributed by atoms with Crippen molar-refractivity contribution in [2.75, 3.05) is 6.54 Å². The highest BCUT2D eigenvalue weighted by Gasteiger charge is 2.36. The summed E-state index contributed by atoms with van der Waals surface area (Å²) in [6.45, 7) is 0.358. The van der Waals surface area contributed by atoms with Gasteiger partial charge in [-0.05, 0) is 47.0 Å². The van der Waals surface area contributed by atoms with Gasteiger partial charge in [-0.3, -0.25) is 0 Å². The van der Waals surface area contributed by atoms with Crippen LogP contribution in [0, 0.1) is 0 Å². The maximum atomic E-state index is 12.6. The quantitative estimate of drug-likeness (QED) is 0.569. The highest BCUT2D eigenvalue weighted by atomic mass is 79.9. The van der Waals surface area contributed by atoms with Gasteiger partial charge in [0, 0.05) is 15.5 Å². The summed E-state index contributed by atoms with van der Waals surface area (Å²) < 4.78 is 27.5. The average molecular weight is 410 g/mol. The van der Waals surface area contributed by atoms with E-state index in [4.69, 9.17) is 0 Å². The third-order valence-electron chi connectivity index (χ3n) is 2.85. The van der Waals surface area contributed by atoms with E-state index in [0.717, 1.165) is 0 Å². The van der Waals surface area contributed by atoms with Crippen LogP contribution in [0.1, 0.15) is 12.8 Å². The Morgan fingerprint density at radius 3 is 2.79 bits per heavy atom. The fraction of sp³-hybridized carbons (Fsp3) is 0.364. The molecule has 0 aromatic heterocycles. The summed E-state index contributed by atoms with van der Waals surface area (Å²) in [6, 6.07) is 4.93. The molecule has 1 saturated heterocycles. The van der Waals surface area contributed by atoms with Gasteiger partial charge < -0.3 is 0 Å². The van der Waals surface area contributed by atoms with E-state index in [2.05, 4.69) is 36.9 Å². The molecule has 8 heteroatoms. The fourth-order valence-corrected chi connectivity index (χ4v) is 5.05. The molecule has 1 aliphatic heterocycles. The molecule has 1 aromatic rings. The topological polar surface area (TPSA) is 66.8 Å². The largest absolute Gasteiger partial charge is 0.246 e. The summed E-state index contributed by atoms with van der Waals surface area (Å²) in [5.74, 6) is 0. The van der Waals surface area contributed by atoms with Crippen LogP contribution in [0.3, 0.4) is 0 Å². The predicted octanol–water partition coefficient (Wildman–Crippen LogP) is 2.66. The Bertz CT molecular complexity index is 641. The van der Waals surface area contributed by atoms with Crippen molar-refractivity contribution in [3.05, 3.63) is 27.1 Å². The van der Waals surface area contributed by atoms with Crippen molar-refractivity contribution in [1.82, 2.24) is 4.31 Å². The molecule has 1 aromatic carbocycles. The molecule has 0 aliphatic carbocycles. The van der Waals surface area contributed by atoms with E-state index >= 15 is 0 Å². The summed E-state index contributed by atoms with van der Waals surface area (Å²) >= 11 is 6.49. The van der Waals surface area contributed by atoms with Gasteiger partial charge in [0.2, 0.25) is 16.1 Å². The van der Waals surface area contributed by atoms with Crippen molar-refractivity contribution >= 4 is 48.0 Å². The van der Waals surface area contributed by atoms with E-state index in [-0.39, 0.29) is 4.90 Å². The van der Waals surface area contributed by atoms with Crippen LogP contribution in [0.4, 0.5) is 0 Å². The first-order chi connectivity index (χ1) is 8.96. The van der Waals surface area contributed by atoms with Crippen LogP contribution in [0.5, 0.6) is 0 Å². The zero-order valence-corrected chi connectivity index (χ0v) is 13.7. The van der Waals surface area contributed by atoms with Gasteiger partial charge in [-0.1, -0.05) is 15.9 Å². The predicted molar refractivity (Wildman–Crippen MR) is 76.9 cm³/mol. The van der Waals surface area contributed by atoms with E-state index in [1.165, 1.54) is 16.5 Å². The summed E-state index contributed by atoms with van der Waals surface area (Å²) in [5.41, 5.74) is 0. The summed E-state index contributed by atoms with van der Waals surface area (Å²) in [5, 5.41) is 0. The molecule has 0 saturated carbocycles. The number of rotatable bonds is 3. The highest BCUT2D eigenvalue weighted by molar-refractivity contribution is 9.11. The van der Waals surface area contributed by atoms with Gasteiger partial charge >= 0.3 is 0 Å². The van der Waals surface area contributed by atoms with E-state index in [1.807, 2.05) is 0 Å². The van der Waals surface area contributed by atoms with Gasteiger partial charge in [-0.25, -0.2) is 13.2 Å². The van der Waals surface area contributed by atoms with Gasteiger partial charge in [0.15, 0.2) is 0 Å². The molecular weight excluding hydrogens is 400 g/mol. The lowest BCUT2D eigenvalue weighted by molar-refractivity contribution is 0.395. The Morgan fingerprint density at radius 2 is 2.11 bits per heavy atom. The van der Waals surface area contributed by atoms with Gasteiger partial charge in [0.1, 0.15) is 6.17 Å². The molecule has 1 unspecified atom stereocenters. The number of benzene rings is 1. The molecule has 5 nitrogen and oxygen atoms in total. The van der Waals surface area contributed by atoms with Crippen molar-refractivity contribution in [3.63, 3.8) is 0 Å². The van der Waals surface area contributed by atoms with Crippen LogP contribution in [-0.2, 0) is 14.8 Å². The number of hydrogen-bond acceptors (Lipinski definition) is 4. The number of halogens is 2. The lowest BCUT2D eigenvalue weighted by Gasteiger charge is -2.20. The number of aliphatic imine (C=N–C) groups is 1. The second-order valence-electron chi connectivity index (χ2n) is 4.03. The monoisotopic (exact) mass is 408 g/mol. The molecule has 1 aliphatic rings. The standard InChI is InChI=1S/C11H10Br2N2O3S/c12-8-3-4-9(13)10(6-8)19(17,18)15-5-1-2-11(15)14-7-16/h3-4,6,11H,1-2,5H2. The van der Waals surface area contributed by atoms with Crippen LogP contribution in [0.2, 0.25) is 0 Å². The number of nitrogens with zero attached hydrogens (tertiary/aromatic N) is 2. The van der Waals surface area contributed by atoms with Crippen molar-refractivity contribution in [2.45, 2.75) is 23.9 Å². The molecule has 0 amide bonds. The van der Waals surface area contributed by atoms with Crippen LogP contribution in [0.25, 0.3) is 0 Å². The molecule has 1 heterocycles. The van der Waals surface area contributed by atoms with E-state index in [9.17, 15) is 13.2 Å². The van der Waals surface area contributed by atoms with Crippen LogP contribution in [-0.4, -0.2) is 31.5 Å². The maximum absolute atomic E-state index is 12.6. The van der Waals surface area contributed by atoms with Crippen molar-refractivity contribution in [2.24, 2.45) is 4.99 Å². The Hall–Kier alpha value is -0.530. The third-order valence-corrected chi connectivity index (χ3v) is 6.24. The molecule has 0 bridgehead atoms. The number of sulfonamides is 1. The molecule has 0 radical (unpaired) electrons. The Morgan fingerprint density at radius 1 is 1.37 bits per heavy atom.